The fourth-order valence-corrected chi connectivity index (χ4v) is 5.08. The van der Waals surface area contributed by atoms with E-state index in [4.69, 9.17) is 0 Å². The molecule has 2 saturated heterocycles. The quantitative estimate of drug-likeness (QED) is 0.774. The van der Waals surface area contributed by atoms with Gasteiger partial charge in [0.05, 0.1) is 4.88 Å². The van der Waals surface area contributed by atoms with Crippen molar-refractivity contribution in [1.82, 2.24) is 15.1 Å². The molecule has 1 N–H and O–H groups in total. The monoisotopic (exact) mass is 425 g/mol. The molecule has 0 saturated carbocycles. The van der Waals surface area contributed by atoms with Crippen LogP contribution in [-0.2, 0) is 16.0 Å². The Morgan fingerprint density at radius 1 is 1.00 bits per heavy atom. The van der Waals surface area contributed by atoms with Gasteiger partial charge in [0.25, 0.3) is 5.91 Å². The zero-order valence-electron chi connectivity index (χ0n) is 17.0. The van der Waals surface area contributed by atoms with Gasteiger partial charge < -0.3 is 15.1 Å². The van der Waals surface area contributed by atoms with E-state index in [0.29, 0.717) is 45.4 Å². The van der Waals surface area contributed by atoms with Gasteiger partial charge in [-0.3, -0.25) is 14.4 Å². The van der Waals surface area contributed by atoms with Crippen LogP contribution >= 0.6 is 11.3 Å². The summed E-state index contributed by atoms with van der Waals surface area (Å²) in [7, 11) is 0. The van der Waals surface area contributed by atoms with Gasteiger partial charge in [0.1, 0.15) is 0 Å². The van der Waals surface area contributed by atoms with Crippen LogP contribution in [0.15, 0.2) is 47.8 Å². The number of nitrogens with one attached hydrogen (secondary N) is 1. The molecule has 2 aromatic rings. The fourth-order valence-electron chi connectivity index (χ4n) is 4.39. The Balaban J connectivity index is 1.31. The Kier molecular flexibility index (Phi) is 6.18. The molecule has 4 rings (SSSR count). The number of benzene rings is 1. The SMILES string of the molecule is O=C1CCC(CCC(=O)N2CCN(C(=O)c3cccs3)CC2)(Cc2ccccc2)N1. The average Bonchev–Trinajstić information content (AvgIpc) is 3.43. The second-order valence-corrected chi connectivity index (χ2v) is 9.09. The Labute approximate surface area is 180 Å². The summed E-state index contributed by atoms with van der Waals surface area (Å²) >= 11 is 1.45. The maximum Gasteiger partial charge on any atom is 0.264 e. The summed E-state index contributed by atoms with van der Waals surface area (Å²) in [6.45, 7) is 2.25. The number of piperazine rings is 1. The van der Waals surface area contributed by atoms with Crippen molar-refractivity contribution in [3.63, 3.8) is 0 Å². The standard InChI is InChI=1S/C23H27N3O3S/c27-20-8-10-23(24-20,17-18-5-2-1-3-6-18)11-9-21(28)25-12-14-26(15-13-25)22(29)19-7-4-16-30-19/h1-7,16H,8-15,17H2,(H,24,27). The zero-order valence-corrected chi connectivity index (χ0v) is 17.8. The number of hydrogen-bond donors (Lipinski definition) is 1. The van der Waals surface area contributed by atoms with Gasteiger partial charge in [-0.15, -0.1) is 11.3 Å². The van der Waals surface area contributed by atoms with Crippen molar-refractivity contribution in [2.24, 2.45) is 0 Å². The molecular formula is C23H27N3O3S. The molecule has 2 aliphatic rings. The van der Waals surface area contributed by atoms with Crippen LogP contribution in [0.2, 0.25) is 0 Å². The Hall–Kier alpha value is -2.67. The average molecular weight is 426 g/mol. The largest absolute Gasteiger partial charge is 0.350 e. The fraction of sp³-hybridized carbons (Fsp3) is 0.435. The van der Waals surface area contributed by atoms with Crippen LogP contribution in [-0.4, -0.2) is 59.2 Å². The Bertz CT molecular complexity index is 892. The Morgan fingerprint density at radius 2 is 1.73 bits per heavy atom. The highest BCUT2D eigenvalue weighted by molar-refractivity contribution is 7.12. The molecule has 1 aromatic carbocycles. The van der Waals surface area contributed by atoms with Gasteiger partial charge in [0, 0.05) is 44.6 Å². The predicted octanol–water partition coefficient (Wildman–Crippen LogP) is 2.70. The van der Waals surface area contributed by atoms with Gasteiger partial charge in [-0.2, -0.15) is 0 Å². The van der Waals surface area contributed by atoms with Gasteiger partial charge in [0.15, 0.2) is 0 Å². The summed E-state index contributed by atoms with van der Waals surface area (Å²) in [5, 5.41) is 5.05. The highest BCUT2D eigenvalue weighted by Crippen LogP contribution is 2.30. The molecule has 3 heterocycles. The van der Waals surface area contributed by atoms with Crippen LogP contribution in [0.1, 0.15) is 40.9 Å². The molecule has 2 fully saturated rings. The first-order valence-corrected chi connectivity index (χ1v) is 11.4. The van der Waals surface area contributed by atoms with Gasteiger partial charge in [-0.25, -0.2) is 0 Å². The molecule has 0 bridgehead atoms. The molecule has 3 amide bonds. The minimum Gasteiger partial charge on any atom is -0.350 e. The summed E-state index contributed by atoms with van der Waals surface area (Å²) in [6.07, 6.45) is 3.07. The number of nitrogens with zero attached hydrogens (tertiary/aromatic N) is 2. The first-order valence-electron chi connectivity index (χ1n) is 10.5. The van der Waals surface area contributed by atoms with Crippen LogP contribution < -0.4 is 5.32 Å². The van der Waals surface area contributed by atoms with Crippen LogP contribution in [0.25, 0.3) is 0 Å². The van der Waals surface area contributed by atoms with E-state index in [9.17, 15) is 14.4 Å². The molecule has 30 heavy (non-hydrogen) atoms. The van der Waals surface area contributed by atoms with Crippen molar-refractivity contribution in [1.29, 1.82) is 0 Å². The molecule has 158 valence electrons. The smallest absolute Gasteiger partial charge is 0.264 e. The number of thiophene rings is 1. The van der Waals surface area contributed by atoms with Crippen molar-refractivity contribution < 1.29 is 14.4 Å². The second kappa shape index (κ2) is 9.00. The lowest BCUT2D eigenvalue weighted by atomic mass is 9.85. The normalized spacial score (nSPS) is 21.5. The highest BCUT2D eigenvalue weighted by Gasteiger charge is 2.38. The Morgan fingerprint density at radius 3 is 2.37 bits per heavy atom. The summed E-state index contributed by atoms with van der Waals surface area (Å²) in [4.78, 5) is 41.7. The first kappa shape index (κ1) is 20.6. The molecule has 2 aliphatic heterocycles. The lowest BCUT2D eigenvalue weighted by molar-refractivity contribution is -0.133. The van der Waals surface area contributed by atoms with E-state index in [1.165, 1.54) is 16.9 Å². The summed E-state index contributed by atoms with van der Waals surface area (Å²) < 4.78 is 0. The first-order chi connectivity index (χ1) is 14.5. The number of amides is 3. The highest BCUT2D eigenvalue weighted by atomic mass is 32.1. The van der Waals surface area contributed by atoms with Crippen LogP contribution in [0.3, 0.4) is 0 Å². The van der Waals surface area contributed by atoms with Crippen molar-refractivity contribution >= 4 is 29.1 Å². The van der Waals surface area contributed by atoms with Crippen molar-refractivity contribution in [2.75, 3.05) is 26.2 Å². The van der Waals surface area contributed by atoms with Crippen LogP contribution in [0.4, 0.5) is 0 Å². The second-order valence-electron chi connectivity index (χ2n) is 8.14. The molecule has 1 unspecified atom stereocenters. The maximum atomic E-state index is 12.8. The molecule has 0 spiro atoms. The van der Waals surface area contributed by atoms with E-state index in [1.807, 2.05) is 45.5 Å². The predicted molar refractivity (Wildman–Crippen MR) is 116 cm³/mol. The van der Waals surface area contributed by atoms with Gasteiger partial charge >= 0.3 is 0 Å². The third kappa shape index (κ3) is 4.73. The molecular weight excluding hydrogens is 398 g/mol. The molecule has 6 nitrogen and oxygen atoms in total. The third-order valence-corrected chi connectivity index (χ3v) is 6.95. The van der Waals surface area contributed by atoms with E-state index in [0.717, 1.165) is 17.7 Å². The van der Waals surface area contributed by atoms with E-state index >= 15 is 0 Å². The maximum absolute atomic E-state index is 12.8. The number of carbonyl (C=O) groups is 3. The summed E-state index contributed by atoms with van der Waals surface area (Å²) in [5.41, 5.74) is 0.832. The van der Waals surface area contributed by atoms with Crippen molar-refractivity contribution in [3.8, 4) is 0 Å². The van der Waals surface area contributed by atoms with Crippen LogP contribution in [0, 0.1) is 0 Å². The summed E-state index contributed by atoms with van der Waals surface area (Å²) in [6, 6.07) is 13.8. The van der Waals surface area contributed by atoms with Gasteiger partial charge in [-0.05, 0) is 36.3 Å². The number of carbonyl (C=O) groups excluding carboxylic acids is 3. The van der Waals surface area contributed by atoms with E-state index < -0.39 is 0 Å². The molecule has 0 aliphatic carbocycles. The zero-order chi connectivity index (χ0) is 21.0. The molecule has 1 atom stereocenters. The molecule has 0 radical (unpaired) electrons. The number of rotatable bonds is 6. The van der Waals surface area contributed by atoms with E-state index in [-0.39, 0.29) is 23.3 Å². The minimum absolute atomic E-state index is 0.0487. The van der Waals surface area contributed by atoms with Crippen LogP contribution in [0.5, 0.6) is 0 Å². The lowest BCUT2D eigenvalue weighted by Gasteiger charge is -2.36. The minimum atomic E-state index is -0.342. The number of hydrogen-bond acceptors (Lipinski definition) is 4. The molecule has 1 aromatic heterocycles. The van der Waals surface area contributed by atoms with Crippen molar-refractivity contribution in [2.45, 2.75) is 37.6 Å². The van der Waals surface area contributed by atoms with E-state index in [2.05, 4.69) is 17.4 Å². The van der Waals surface area contributed by atoms with Gasteiger partial charge in [0.2, 0.25) is 11.8 Å². The van der Waals surface area contributed by atoms with Gasteiger partial charge in [-0.1, -0.05) is 36.4 Å². The third-order valence-electron chi connectivity index (χ3n) is 6.09. The van der Waals surface area contributed by atoms with E-state index in [1.54, 1.807) is 0 Å². The lowest BCUT2D eigenvalue weighted by Crippen LogP contribution is -2.51. The van der Waals surface area contributed by atoms with Crippen molar-refractivity contribution in [3.05, 3.63) is 58.3 Å². The summed E-state index contributed by atoms with van der Waals surface area (Å²) in [5.74, 6) is 0.221. The topological polar surface area (TPSA) is 69.7 Å². The molecule has 7 heteroatoms.